The van der Waals surface area contributed by atoms with Gasteiger partial charge in [-0.05, 0) is 18.9 Å². The average Bonchev–Trinajstić information content (AvgIpc) is 2.93. The van der Waals surface area contributed by atoms with Gasteiger partial charge in [0, 0.05) is 13.1 Å². The van der Waals surface area contributed by atoms with Gasteiger partial charge in [-0.15, -0.1) is 0 Å². The van der Waals surface area contributed by atoms with E-state index < -0.39 is 0 Å². The normalized spacial score (nSPS) is 23.2. The predicted octanol–water partition coefficient (Wildman–Crippen LogP) is 1.47. The maximum absolute atomic E-state index is 12.2. The summed E-state index contributed by atoms with van der Waals surface area (Å²) in [5.74, 6) is 0.162. The molecule has 1 aromatic heterocycles. The zero-order valence-corrected chi connectivity index (χ0v) is 10.8. The predicted molar refractivity (Wildman–Crippen MR) is 64.0 cm³/mol. The van der Waals surface area contributed by atoms with Crippen LogP contribution in [0.25, 0.3) is 0 Å². The van der Waals surface area contributed by atoms with E-state index in [0.717, 1.165) is 0 Å². The van der Waals surface area contributed by atoms with Crippen molar-refractivity contribution < 1.29 is 18.7 Å². The lowest BCUT2D eigenvalue weighted by molar-refractivity contribution is -0.146. The number of esters is 1. The molecule has 1 fully saturated rings. The summed E-state index contributed by atoms with van der Waals surface area (Å²) in [4.78, 5) is 25.5. The Balaban J connectivity index is 2.11. The first-order valence-corrected chi connectivity index (χ1v) is 5.95. The second-order valence-corrected chi connectivity index (χ2v) is 4.71. The lowest BCUT2D eigenvalue weighted by Gasteiger charge is -2.15. The van der Waals surface area contributed by atoms with Crippen molar-refractivity contribution in [2.75, 3.05) is 20.2 Å². The van der Waals surface area contributed by atoms with E-state index in [-0.39, 0.29) is 23.7 Å². The number of ether oxygens (including phenoxy) is 1. The van der Waals surface area contributed by atoms with Gasteiger partial charge in [0.05, 0.1) is 24.9 Å². The Labute approximate surface area is 106 Å². The van der Waals surface area contributed by atoms with E-state index in [1.807, 2.05) is 6.92 Å². The topological polar surface area (TPSA) is 59.8 Å². The smallest absolute Gasteiger partial charge is 0.310 e. The molecule has 2 heterocycles. The van der Waals surface area contributed by atoms with Crippen LogP contribution in [0.5, 0.6) is 0 Å². The molecule has 0 N–H and O–H groups in total. The quantitative estimate of drug-likeness (QED) is 0.747. The molecular formula is C13H17NO4. The van der Waals surface area contributed by atoms with Crippen molar-refractivity contribution in [1.82, 2.24) is 4.90 Å². The Kier molecular flexibility index (Phi) is 3.41. The summed E-state index contributed by atoms with van der Waals surface area (Å²) in [6.07, 6.45) is 1.50. The average molecular weight is 251 g/mol. The van der Waals surface area contributed by atoms with Crippen molar-refractivity contribution in [3.05, 3.63) is 23.7 Å². The Morgan fingerprint density at radius 1 is 1.44 bits per heavy atom. The molecular weight excluding hydrogens is 234 g/mol. The molecule has 1 aliphatic heterocycles. The number of methoxy groups -OCH3 is 1. The number of aryl methyl sites for hydroxylation is 1. The van der Waals surface area contributed by atoms with Crippen LogP contribution in [0.15, 0.2) is 16.7 Å². The van der Waals surface area contributed by atoms with Crippen LogP contribution in [0.3, 0.4) is 0 Å². The number of nitrogens with zero attached hydrogens (tertiary/aromatic N) is 1. The lowest BCUT2D eigenvalue weighted by Crippen LogP contribution is -2.30. The van der Waals surface area contributed by atoms with Crippen molar-refractivity contribution in [1.29, 1.82) is 0 Å². The van der Waals surface area contributed by atoms with Gasteiger partial charge in [-0.2, -0.15) is 0 Å². The van der Waals surface area contributed by atoms with Gasteiger partial charge in [-0.1, -0.05) is 6.92 Å². The Bertz CT molecular complexity index is 465. The van der Waals surface area contributed by atoms with Gasteiger partial charge in [-0.25, -0.2) is 0 Å². The number of carbonyl (C=O) groups excluding carboxylic acids is 2. The van der Waals surface area contributed by atoms with Crippen molar-refractivity contribution in [2.45, 2.75) is 13.8 Å². The van der Waals surface area contributed by atoms with E-state index in [1.165, 1.54) is 13.4 Å². The summed E-state index contributed by atoms with van der Waals surface area (Å²) in [7, 11) is 1.37. The minimum absolute atomic E-state index is 0.0838. The van der Waals surface area contributed by atoms with Crippen molar-refractivity contribution in [3.63, 3.8) is 0 Å². The molecule has 18 heavy (non-hydrogen) atoms. The molecule has 1 amide bonds. The zero-order valence-electron chi connectivity index (χ0n) is 10.8. The van der Waals surface area contributed by atoms with Gasteiger partial charge in [0.1, 0.15) is 5.76 Å². The van der Waals surface area contributed by atoms with Gasteiger partial charge < -0.3 is 14.1 Å². The summed E-state index contributed by atoms with van der Waals surface area (Å²) in [5.41, 5.74) is 0.563. The molecule has 2 unspecified atom stereocenters. The van der Waals surface area contributed by atoms with Crippen molar-refractivity contribution >= 4 is 11.9 Å². The monoisotopic (exact) mass is 251 g/mol. The Morgan fingerprint density at radius 2 is 2.17 bits per heavy atom. The van der Waals surface area contributed by atoms with Crippen LogP contribution < -0.4 is 0 Å². The third kappa shape index (κ3) is 2.12. The fourth-order valence-electron chi connectivity index (χ4n) is 2.37. The molecule has 0 aliphatic carbocycles. The lowest BCUT2D eigenvalue weighted by atomic mass is 9.99. The molecule has 0 aromatic carbocycles. The molecule has 5 nitrogen and oxygen atoms in total. The van der Waals surface area contributed by atoms with Gasteiger partial charge in [0.2, 0.25) is 0 Å². The summed E-state index contributed by atoms with van der Waals surface area (Å²) in [6.45, 7) is 4.70. The standard InChI is InChI=1S/C13H17NO4/c1-8-6-14(7-11(8)13(16)17-3)12(15)10-4-5-18-9(10)2/h4-5,8,11H,6-7H2,1-3H3. The Hall–Kier alpha value is -1.78. The largest absolute Gasteiger partial charge is 0.469 e. The van der Waals surface area contributed by atoms with Gasteiger partial charge in [0.15, 0.2) is 0 Å². The molecule has 1 aliphatic rings. The van der Waals surface area contributed by atoms with Crippen LogP contribution in [-0.4, -0.2) is 37.0 Å². The number of hydrogen-bond acceptors (Lipinski definition) is 4. The number of amides is 1. The van der Waals surface area contributed by atoms with E-state index in [0.29, 0.717) is 24.4 Å². The molecule has 1 aromatic rings. The number of furan rings is 1. The molecule has 5 heteroatoms. The highest BCUT2D eigenvalue weighted by atomic mass is 16.5. The third-order valence-corrected chi connectivity index (χ3v) is 3.49. The van der Waals surface area contributed by atoms with Crippen LogP contribution in [-0.2, 0) is 9.53 Å². The van der Waals surface area contributed by atoms with Crippen LogP contribution in [0.2, 0.25) is 0 Å². The van der Waals surface area contributed by atoms with E-state index in [9.17, 15) is 9.59 Å². The fraction of sp³-hybridized carbons (Fsp3) is 0.538. The number of rotatable bonds is 2. The van der Waals surface area contributed by atoms with E-state index in [4.69, 9.17) is 9.15 Å². The minimum atomic E-state index is -0.248. The second kappa shape index (κ2) is 4.84. The number of likely N-dealkylation sites (tertiary alicyclic amines) is 1. The van der Waals surface area contributed by atoms with E-state index in [2.05, 4.69) is 0 Å². The maximum atomic E-state index is 12.2. The highest BCUT2D eigenvalue weighted by molar-refractivity contribution is 5.95. The summed E-state index contributed by atoms with van der Waals surface area (Å²) in [5, 5.41) is 0. The van der Waals surface area contributed by atoms with E-state index >= 15 is 0 Å². The first-order valence-electron chi connectivity index (χ1n) is 5.95. The van der Waals surface area contributed by atoms with Crippen molar-refractivity contribution in [3.8, 4) is 0 Å². The van der Waals surface area contributed by atoms with Crippen LogP contribution in [0.4, 0.5) is 0 Å². The number of carbonyl (C=O) groups is 2. The molecule has 1 saturated heterocycles. The molecule has 0 spiro atoms. The van der Waals surface area contributed by atoms with E-state index in [1.54, 1.807) is 17.9 Å². The second-order valence-electron chi connectivity index (χ2n) is 4.71. The fourth-order valence-corrected chi connectivity index (χ4v) is 2.37. The molecule has 98 valence electrons. The number of hydrogen-bond donors (Lipinski definition) is 0. The molecule has 0 bridgehead atoms. The third-order valence-electron chi connectivity index (χ3n) is 3.49. The van der Waals surface area contributed by atoms with Gasteiger partial charge in [-0.3, -0.25) is 9.59 Å². The molecule has 2 atom stereocenters. The highest BCUT2D eigenvalue weighted by Crippen LogP contribution is 2.26. The van der Waals surface area contributed by atoms with Crippen molar-refractivity contribution in [2.24, 2.45) is 11.8 Å². The summed E-state index contributed by atoms with van der Waals surface area (Å²) in [6, 6.07) is 1.66. The first kappa shape index (κ1) is 12.7. The molecule has 2 rings (SSSR count). The summed E-state index contributed by atoms with van der Waals surface area (Å²) < 4.78 is 9.88. The minimum Gasteiger partial charge on any atom is -0.469 e. The van der Waals surface area contributed by atoms with Crippen LogP contribution >= 0.6 is 0 Å². The van der Waals surface area contributed by atoms with Gasteiger partial charge in [0.25, 0.3) is 5.91 Å². The first-order chi connectivity index (χ1) is 8.54. The van der Waals surface area contributed by atoms with Crippen LogP contribution in [0, 0.1) is 18.8 Å². The summed E-state index contributed by atoms with van der Waals surface area (Å²) >= 11 is 0. The van der Waals surface area contributed by atoms with Gasteiger partial charge >= 0.3 is 5.97 Å². The molecule has 0 saturated carbocycles. The van der Waals surface area contributed by atoms with Crippen LogP contribution in [0.1, 0.15) is 23.0 Å². The molecule has 0 radical (unpaired) electrons. The maximum Gasteiger partial charge on any atom is 0.310 e. The highest BCUT2D eigenvalue weighted by Gasteiger charge is 2.38. The Morgan fingerprint density at radius 3 is 2.72 bits per heavy atom. The SMILES string of the molecule is COC(=O)C1CN(C(=O)c2ccoc2C)CC1C. The zero-order chi connectivity index (χ0) is 13.3.